The molecule has 0 fully saturated rings. The lowest BCUT2D eigenvalue weighted by Gasteiger charge is -2.18. The van der Waals surface area contributed by atoms with E-state index < -0.39 is 6.04 Å². The number of carbonyl (C=O) groups is 2. The van der Waals surface area contributed by atoms with Crippen molar-refractivity contribution >= 4 is 22.7 Å². The summed E-state index contributed by atoms with van der Waals surface area (Å²) < 4.78 is 5.84. The van der Waals surface area contributed by atoms with Gasteiger partial charge in [-0.1, -0.05) is 36.4 Å². The molecule has 0 saturated carbocycles. The second-order valence-electron chi connectivity index (χ2n) is 7.18. The molecule has 152 valence electrons. The van der Waals surface area contributed by atoms with Crippen molar-refractivity contribution < 1.29 is 14.3 Å². The molecule has 0 bridgehead atoms. The number of benzene rings is 2. The predicted molar refractivity (Wildman–Crippen MR) is 114 cm³/mol. The van der Waals surface area contributed by atoms with E-state index in [1.807, 2.05) is 62.5 Å². The third kappa shape index (κ3) is 5.16. The lowest BCUT2D eigenvalue weighted by molar-refractivity contribution is -0.128. The summed E-state index contributed by atoms with van der Waals surface area (Å²) in [5, 5.41) is 6.67. The zero-order valence-corrected chi connectivity index (χ0v) is 17.0. The SMILES string of the molecule is CC(=O)N[C@@H](Cc1c[nH]c2ccccc12)C(=O)NCCOc1c(C)cccc1C. The number of para-hydroxylation sites is 2. The standard InChI is InChI=1S/C23H27N3O3/c1-15-7-6-8-16(2)22(15)29-12-11-24-23(28)21(26-17(3)27)13-18-14-25-20-10-5-4-9-19(18)20/h4-10,14,21,25H,11-13H2,1-3H3,(H,24,28)(H,26,27)/t21-/m0/s1. The van der Waals surface area contributed by atoms with Gasteiger partial charge in [-0.05, 0) is 36.6 Å². The predicted octanol–water partition coefficient (Wildman–Crippen LogP) is 3.03. The fourth-order valence-electron chi connectivity index (χ4n) is 3.45. The summed E-state index contributed by atoms with van der Waals surface area (Å²) in [7, 11) is 0. The Labute approximate surface area is 170 Å². The van der Waals surface area contributed by atoms with Crippen molar-refractivity contribution in [3.63, 3.8) is 0 Å². The van der Waals surface area contributed by atoms with Gasteiger partial charge in [0.15, 0.2) is 0 Å². The smallest absolute Gasteiger partial charge is 0.243 e. The average molecular weight is 393 g/mol. The fourth-order valence-corrected chi connectivity index (χ4v) is 3.45. The Balaban J connectivity index is 1.60. The molecule has 0 saturated heterocycles. The molecule has 0 spiro atoms. The molecule has 1 atom stereocenters. The Bertz CT molecular complexity index is 989. The van der Waals surface area contributed by atoms with Gasteiger partial charge in [-0.25, -0.2) is 0 Å². The number of fused-ring (bicyclic) bond motifs is 1. The molecule has 2 aromatic carbocycles. The van der Waals surface area contributed by atoms with Gasteiger partial charge in [0.25, 0.3) is 0 Å². The minimum Gasteiger partial charge on any atom is -0.491 e. The third-order valence-corrected chi connectivity index (χ3v) is 4.85. The van der Waals surface area contributed by atoms with Crippen LogP contribution >= 0.6 is 0 Å². The molecular weight excluding hydrogens is 366 g/mol. The molecule has 1 aromatic heterocycles. The molecule has 0 unspecified atom stereocenters. The number of hydrogen-bond donors (Lipinski definition) is 3. The molecule has 3 aromatic rings. The summed E-state index contributed by atoms with van der Waals surface area (Å²) in [5.74, 6) is 0.381. The molecule has 1 heterocycles. The van der Waals surface area contributed by atoms with E-state index in [2.05, 4.69) is 15.6 Å². The van der Waals surface area contributed by atoms with E-state index in [-0.39, 0.29) is 11.8 Å². The first-order chi connectivity index (χ1) is 14.0. The van der Waals surface area contributed by atoms with Crippen LogP contribution in [-0.4, -0.2) is 36.0 Å². The van der Waals surface area contributed by atoms with Crippen molar-refractivity contribution in [3.8, 4) is 5.75 Å². The van der Waals surface area contributed by atoms with Gasteiger partial charge in [0, 0.05) is 30.4 Å². The molecule has 0 radical (unpaired) electrons. The Kier molecular flexibility index (Phi) is 6.54. The molecule has 2 amide bonds. The van der Waals surface area contributed by atoms with Gasteiger partial charge in [-0.15, -0.1) is 0 Å². The topological polar surface area (TPSA) is 83.2 Å². The lowest BCUT2D eigenvalue weighted by Crippen LogP contribution is -2.48. The molecule has 3 N–H and O–H groups in total. The van der Waals surface area contributed by atoms with Gasteiger partial charge in [-0.3, -0.25) is 9.59 Å². The number of nitrogens with one attached hydrogen (secondary N) is 3. The normalized spacial score (nSPS) is 11.8. The van der Waals surface area contributed by atoms with Crippen LogP contribution in [0.15, 0.2) is 48.7 Å². The minimum atomic E-state index is -0.646. The summed E-state index contributed by atoms with van der Waals surface area (Å²) in [6.45, 7) is 6.12. The van der Waals surface area contributed by atoms with E-state index in [4.69, 9.17) is 4.74 Å². The van der Waals surface area contributed by atoms with Crippen molar-refractivity contribution in [2.24, 2.45) is 0 Å². The number of amides is 2. The summed E-state index contributed by atoms with van der Waals surface area (Å²) in [4.78, 5) is 27.5. The minimum absolute atomic E-state index is 0.226. The van der Waals surface area contributed by atoms with E-state index in [0.29, 0.717) is 19.6 Å². The molecular formula is C23H27N3O3. The highest BCUT2D eigenvalue weighted by atomic mass is 16.5. The van der Waals surface area contributed by atoms with Crippen LogP contribution < -0.4 is 15.4 Å². The highest BCUT2D eigenvalue weighted by Crippen LogP contribution is 2.22. The van der Waals surface area contributed by atoms with E-state index in [1.165, 1.54) is 6.92 Å². The maximum atomic E-state index is 12.7. The van der Waals surface area contributed by atoms with Crippen LogP contribution in [0.1, 0.15) is 23.6 Å². The Morgan fingerprint density at radius 1 is 1.07 bits per heavy atom. The monoisotopic (exact) mass is 393 g/mol. The van der Waals surface area contributed by atoms with Crippen LogP contribution in [0.3, 0.4) is 0 Å². The highest BCUT2D eigenvalue weighted by Gasteiger charge is 2.21. The second kappa shape index (κ2) is 9.28. The zero-order chi connectivity index (χ0) is 20.8. The van der Waals surface area contributed by atoms with E-state index in [1.54, 1.807) is 0 Å². The molecule has 3 rings (SSSR count). The number of hydrogen-bond acceptors (Lipinski definition) is 3. The summed E-state index contributed by atoms with van der Waals surface area (Å²) in [6, 6.07) is 13.2. The second-order valence-corrected chi connectivity index (χ2v) is 7.18. The number of carbonyl (C=O) groups excluding carboxylic acids is 2. The maximum absolute atomic E-state index is 12.7. The Hall–Kier alpha value is -3.28. The summed E-state index contributed by atoms with van der Waals surface area (Å²) >= 11 is 0. The number of H-pyrrole nitrogens is 1. The van der Waals surface area contributed by atoms with Crippen LogP contribution in [0.2, 0.25) is 0 Å². The van der Waals surface area contributed by atoms with E-state index in [9.17, 15) is 9.59 Å². The van der Waals surface area contributed by atoms with Crippen molar-refractivity contribution in [2.75, 3.05) is 13.2 Å². The first-order valence-corrected chi connectivity index (χ1v) is 9.74. The molecule has 6 heteroatoms. The summed E-state index contributed by atoms with van der Waals surface area (Å²) in [5.41, 5.74) is 4.12. The van der Waals surface area contributed by atoms with Crippen molar-refractivity contribution in [2.45, 2.75) is 33.2 Å². The van der Waals surface area contributed by atoms with Crippen LogP contribution in [0.4, 0.5) is 0 Å². The average Bonchev–Trinajstić information content (AvgIpc) is 3.09. The van der Waals surface area contributed by atoms with E-state index in [0.717, 1.165) is 33.3 Å². The first kappa shape index (κ1) is 20.5. The van der Waals surface area contributed by atoms with Crippen molar-refractivity contribution in [3.05, 3.63) is 65.4 Å². The van der Waals surface area contributed by atoms with Gasteiger partial charge in [0.05, 0.1) is 6.54 Å². The zero-order valence-electron chi connectivity index (χ0n) is 17.0. The van der Waals surface area contributed by atoms with Crippen LogP contribution in [0.25, 0.3) is 10.9 Å². The van der Waals surface area contributed by atoms with Crippen LogP contribution in [-0.2, 0) is 16.0 Å². The quantitative estimate of drug-likeness (QED) is 0.515. The van der Waals surface area contributed by atoms with Crippen LogP contribution in [0.5, 0.6) is 5.75 Å². The number of ether oxygens (including phenoxy) is 1. The number of aromatic nitrogens is 1. The molecule has 6 nitrogen and oxygen atoms in total. The number of aromatic amines is 1. The molecule has 29 heavy (non-hydrogen) atoms. The molecule has 0 aliphatic rings. The molecule has 0 aliphatic heterocycles. The Morgan fingerprint density at radius 2 is 1.79 bits per heavy atom. The van der Waals surface area contributed by atoms with Gasteiger partial charge in [0.2, 0.25) is 11.8 Å². The fraction of sp³-hybridized carbons (Fsp3) is 0.304. The van der Waals surface area contributed by atoms with Crippen LogP contribution in [0, 0.1) is 13.8 Å². The first-order valence-electron chi connectivity index (χ1n) is 9.74. The van der Waals surface area contributed by atoms with Gasteiger partial charge in [0.1, 0.15) is 18.4 Å². The lowest BCUT2D eigenvalue weighted by atomic mass is 10.0. The summed E-state index contributed by atoms with van der Waals surface area (Å²) in [6.07, 6.45) is 2.30. The third-order valence-electron chi connectivity index (χ3n) is 4.85. The molecule has 0 aliphatic carbocycles. The van der Waals surface area contributed by atoms with Gasteiger partial charge in [-0.2, -0.15) is 0 Å². The maximum Gasteiger partial charge on any atom is 0.243 e. The van der Waals surface area contributed by atoms with Crippen molar-refractivity contribution in [1.82, 2.24) is 15.6 Å². The van der Waals surface area contributed by atoms with Gasteiger partial charge >= 0.3 is 0 Å². The van der Waals surface area contributed by atoms with E-state index >= 15 is 0 Å². The largest absolute Gasteiger partial charge is 0.491 e. The highest BCUT2D eigenvalue weighted by molar-refractivity contribution is 5.89. The number of aryl methyl sites for hydroxylation is 2. The van der Waals surface area contributed by atoms with Gasteiger partial charge < -0.3 is 20.4 Å². The number of rotatable bonds is 8. The van der Waals surface area contributed by atoms with Crippen molar-refractivity contribution in [1.29, 1.82) is 0 Å². The Morgan fingerprint density at radius 3 is 2.52 bits per heavy atom.